The van der Waals surface area contributed by atoms with E-state index >= 15 is 0 Å². The van der Waals surface area contributed by atoms with E-state index in [0.29, 0.717) is 16.8 Å². The van der Waals surface area contributed by atoms with Gasteiger partial charge in [0.05, 0.1) is 0 Å². The molecule has 0 radical (unpaired) electrons. The zero-order chi connectivity index (χ0) is 14.0. The highest BCUT2D eigenvalue weighted by atomic mass is 79.9. The third-order valence-electron chi connectivity index (χ3n) is 4.97. The monoisotopic (exact) mass is 324 g/mol. The average molecular weight is 325 g/mol. The molecule has 0 aromatic heterocycles. The second-order valence-corrected chi connectivity index (χ2v) is 7.12. The molecule has 0 amide bonds. The molecule has 4 atom stereocenters. The summed E-state index contributed by atoms with van der Waals surface area (Å²) in [5.41, 5.74) is 1.62. The van der Waals surface area contributed by atoms with Crippen LogP contribution in [-0.4, -0.2) is 10.9 Å². The maximum absolute atomic E-state index is 6.35. The van der Waals surface area contributed by atoms with Crippen molar-refractivity contribution >= 4 is 15.9 Å². The standard InChI is InChI=1S/C17H25BrO/c1-5-12(3)13-9-7-8-10-14(13)19-16-11-15(18)17(16,4)6-2/h7-10,12,15-16H,5-6,11H2,1-4H3. The highest BCUT2D eigenvalue weighted by Crippen LogP contribution is 2.50. The van der Waals surface area contributed by atoms with Crippen molar-refractivity contribution < 1.29 is 4.74 Å². The molecule has 1 fully saturated rings. The SMILES string of the molecule is CCC(C)c1ccccc1OC1CC(Br)C1(C)CC. The van der Waals surface area contributed by atoms with Crippen LogP contribution in [0.5, 0.6) is 5.75 Å². The third-order valence-corrected chi connectivity index (χ3v) is 6.39. The molecule has 1 saturated carbocycles. The Hall–Kier alpha value is -0.500. The van der Waals surface area contributed by atoms with Gasteiger partial charge in [0.2, 0.25) is 0 Å². The minimum absolute atomic E-state index is 0.266. The van der Waals surface area contributed by atoms with Gasteiger partial charge in [0.1, 0.15) is 11.9 Å². The van der Waals surface area contributed by atoms with E-state index in [1.165, 1.54) is 5.56 Å². The lowest BCUT2D eigenvalue weighted by molar-refractivity contribution is -0.0250. The number of alkyl halides is 1. The van der Waals surface area contributed by atoms with Crippen LogP contribution >= 0.6 is 15.9 Å². The fourth-order valence-corrected chi connectivity index (χ4v) is 3.73. The molecule has 2 rings (SSSR count). The average Bonchev–Trinajstić information content (AvgIpc) is 2.45. The molecule has 106 valence electrons. The first-order chi connectivity index (χ1) is 9.02. The molecule has 0 bridgehead atoms. The Balaban J connectivity index is 2.16. The summed E-state index contributed by atoms with van der Waals surface area (Å²) in [6.07, 6.45) is 3.75. The quantitative estimate of drug-likeness (QED) is 0.647. The summed E-state index contributed by atoms with van der Waals surface area (Å²) >= 11 is 3.78. The van der Waals surface area contributed by atoms with Crippen molar-refractivity contribution in [1.82, 2.24) is 0 Å². The molecule has 0 saturated heterocycles. The molecule has 0 aliphatic heterocycles. The van der Waals surface area contributed by atoms with Crippen LogP contribution < -0.4 is 4.74 Å². The maximum atomic E-state index is 6.35. The lowest BCUT2D eigenvalue weighted by Crippen LogP contribution is -2.54. The van der Waals surface area contributed by atoms with Crippen LogP contribution in [0.1, 0.15) is 58.4 Å². The van der Waals surface area contributed by atoms with E-state index < -0.39 is 0 Å². The minimum Gasteiger partial charge on any atom is -0.489 e. The van der Waals surface area contributed by atoms with E-state index in [2.05, 4.69) is 67.9 Å². The van der Waals surface area contributed by atoms with E-state index in [1.807, 2.05) is 0 Å². The Kier molecular flexibility index (Phi) is 4.60. The zero-order valence-electron chi connectivity index (χ0n) is 12.4. The summed E-state index contributed by atoms with van der Waals surface area (Å²) in [5.74, 6) is 1.64. The first kappa shape index (κ1) is 14.9. The molecular formula is C17H25BrO. The largest absolute Gasteiger partial charge is 0.489 e. The van der Waals surface area contributed by atoms with E-state index in [-0.39, 0.29) is 5.41 Å². The van der Waals surface area contributed by atoms with E-state index in [0.717, 1.165) is 25.0 Å². The van der Waals surface area contributed by atoms with E-state index in [1.54, 1.807) is 0 Å². The molecule has 0 heterocycles. The Labute approximate surface area is 125 Å². The predicted molar refractivity (Wildman–Crippen MR) is 85.3 cm³/mol. The van der Waals surface area contributed by atoms with Crippen molar-refractivity contribution in [3.63, 3.8) is 0 Å². The van der Waals surface area contributed by atoms with Gasteiger partial charge in [-0.05, 0) is 36.8 Å². The zero-order valence-corrected chi connectivity index (χ0v) is 14.0. The van der Waals surface area contributed by atoms with Crippen LogP contribution in [-0.2, 0) is 0 Å². The fraction of sp³-hybridized carbons (Fsp3) is 0.647. The normalized spacial score (nSPS) is 31.6. The van der Waals surface area contributed by atoms with Gasteiger partial charge >= 0.3 is 0 Å². The number of hydrogen-bond acceptors (Lipinski definition) is 1. The summed E-state index contributed by atoms with van der Waals surface area (Å²) in [5, 5.41) is 0. The van der Waals surface area contributed by atoms with Crippen molar-refractivity contribution in [3.05, 3.63) is 29.8 Å². The topological polar surface area (TPSA) is 9.23 Å². The number of benzene rings is 1. The van der Waals surface area contributed by atoms with Crippen LogP contribution in [0.4, 0.5) is 0 Å². The molecule has 1 aliphatic rings. The van der Waals surface area contributed by atoms with Crippen molar-refractivity contribution in [1.29, 1.82) is 0 Å². The minimum atomic E-state index is 0.266. The van der Waals surface area contributed by atoms with E-state index in [4.69, 9.17) is 4.74 Å². The van der Waals surface area contributed by atoms with Gasteiger partial charge in [-0.3, -0.25) is 0 Å². The maximum Gasteiger partial charge on any atom is 0.123 e. The van der Waals surface area contributed by atoms with Gasteiger partial charge in [-0.2, -0.15) is 0 Å². The molecule has 1 aromatic rings. The number of hydrogen-bond donors (Lipinski definition) is 0. The van der Waals surface area contributed by atoms with Crippen LogP contribution in [0.2, 0.25) is 0 Å². The second-order valence-electron chi connectivity index (χ2n) is 6.02. The Morgan fingerprint density at radius 1 is 1.37 bits per heavy atom. The first-order valence-electron chi connectivity index (χ1n) is 7.42. The predicted octanol–water partition coefficient (Wildman–Crippen LogP) is 5.53. The van der Waals surface area contributed by atoms with Crippen molar-refractivity contribution in [2.75, 3.05) is 0 Å². The molecule has 1 aliphatic carbocycles. The first-order valence-corrected chi connectivity index (χ1v) is 8.34. The van der Waals surface area contributed by atoms with Gasteiger partial charge in [0, 0.05) is 10.2 Å². The number of ether oxygens (including phenoxy) is 1. The number of para-hydroxylation sites is 1. The summed E-state index contributed by atoms with van der Waals surface area (Å²) in [4.78, 5) is 0.589. The van der Waals surface area contributed by atoms with Crippen LogP contribution in [0, 0.1) is 5.41 Å². The van der Waals surface area contributed by atoms with E-state index in [9.17, 15) is 0 Å². The number of halogens is 1. The summed E-state index contributed by atoms with van der Waals surface area (Å²) in [6.45, 7) is 9.08. The smallest absolute Gasteiger partial charge is 0.123 e. The van der Waals surface area contributed by atoms with Crippen molar-refractivity contribution in [2.45, 2.75) is 63.8 Å². The Morgan fingerprint density at radius 3 is 2.63 bits per heavy atom. The Morgan fingerprint density at radius 2 is 2.05 bits per heavy atom. The van der Waals surface area contributed by atoms with Gasteiger partial charge in [-0.15, -0.1) is 0 Å². The lowest BCUT2D eigenvalue weighted by Gasteiger charge is -2.51. The second kappa shape index (κ2) is 5.87. The van der Waals surface area contributed by atoms with Crippen LogP contribution in [0.3, 0.4) is 0 Å². The lowest BCUT2D eigenvalue weighted by atomic mass is 9.65. The third kappa shape index (κ3) is 2.69. The molecule has 0 spiro atoms. The van der Waals surface area contributed by atoms with Crippen molar-refractivity contribution in [3.8, 4) is 5.75 Å². The molecule has 1 nitrogen and oxygen atoms in total. The van der Waals surface area contributed by atoms with Gasteiger partial charge in [-0.25, -0.2) is 0 Å². The van der Waals surface area contributed by atoms with Crippen LogP contribution in [0.15, 0.2) is 24.3 Å². The molecule has 19 heavy (non-hydrogen) atoms. The van der Waals surface area contributed by atoms with Gasteiger partial charge in [0.25, 0.3) is 0 Å². The molecule has 1 aromatic carbocycles. The molecule has 0 N–H and O–H groups in total. The number of rotatable bonds is 5. The Bertz CT molecular complexity index is 431. The summed E-state index contributed by atoms with van der Waals surface area (Å²) in [7, 11) is 0. The molecule has 4 unspecified atom stereocenters. The van der Waals surface area contributed by atoms with Crippen molar-refractivity contribution in [2.24, 2.45) is 5.41 Å². The fourth-order valence-electron chi connectivity index (χ4n) is 2.77. The molecule has 2 heteroatoms. The highest BCUT2D eigenvalue weighted by molar-refractivity contribution is 9.09. The van der Waals surface area contributed by atoms with Crippen LogP contribution in [0.25, 0.3) is 0 Å². The highest BCUT2D eigenvalue weighted by Gasteiger charge is 2.51. The summed E-state index contributed by atoms with van der Waals surface area (Å²) < 4.78 is 6.35. The molecular weight excluding hydrogens is 300 g/mol. The van der Waals surface area contributed by atoms with Gasteiger partial charge in [-0.1, -0.05) is 61.8 Å². The summed E-state index contributed by atoms with van der Waals surface area (Å²) in [6, 6.07) is 8.52. The van der Waals surface area contributed by atoms with Gasteiger partial charge < -0.3 is 4.74 Å². The van der Waals surface area contributed by atoms with Gasteiger partial charge in [0.15, 0.2) is 0 Å².